The van der Waals surface area contributed by atoms with Gasteiger partial charge in [-0.25, -0.2) is 4.39 Å². The number of rotatable bonds is 2. The zero-order valence-corrected chi connectivity index (χ0v) is 10.00. The van der Waals surface area contributed by atoms with Crippen molar-refractivity contribution in [1.82, 2.24) is 10.2 Å². The van der Waals surface area contributed by atoms with Crippen LogP contribution in [-0.2, 0) is 4.79 Å². The average molecular weight is 251 g/mol. The van der Waals surface area contributed by atoms with Crippen molar-refractivity contribution in [2.24, 2.45) is 0 Å². The lowest BCUT2D eigenvalue weighted by atomic mass is 10.1. The van der Waals surface area contributed by atoms with Crippen molar-refractivity contribution < 1.29 is 14.0 Å². The minimum Gasteiger partial charge on any atom is -0.385 e. The Morgan fingerprint density at radius 3 is 2.94 bits per heavy atom. The molecule has 1 aliphatic heterocycles. The first-order valence-electron chi connectivity index (χ1n) is 5.65. The summed E-state index contributed by atoms with van der Waals surface area (Å²) in [5, 5.41) is 5.31. The molecule has 1 aromatic carbocycles. The molecule has 1 heterocycles. The predicted octanol–water partition coefficient (Wildman–Crippen LogP) is 0.439. The molecule has 5 nitrogen and oxygen atoms in total. The number of hydrogen-bond donors (Lipinski definition) is 2. The van der Waals surface area contributed by atoms with Crippen molar-refractivity contribution in [3.05, 3.63) is 29.6 Å². The molecule has 1 aliphatic rings. The number of hydrogen-bond acceptors (Lipinski definition) is 3. The van der Waals surface area contributed by atoms with Crippen LogP contribution in [0.1, 0.15) is 10.4 Å². The molecule has 0 aliphatic carbocycles. The number of halogens is 1. The largest absolute Gasteiger partial charge is 0.385 e. The lowest BCUT2D eigenvalue weighted by Gasteiger charge is -2.27. The molecule has 0 aromatic heterocycles. The number of carbonyl (C=O) groups excluding carboxylic acids is 2. The van der Waals surface area contributed by atoms with Crippen molar-refractivity contribution in [2.45, 2.75) is 0 Å². The normalized spacial score (nSPS) is 15.2. The van der Waals surface area contributed by atoms with Crippen molar-refractivity contribution in [3.8, 4) is 0 Å². The predicted molar refractivity (Wildman–Crippen MR) is 64.9 cm³/mol. The molecule has 0 saturated carbocycles. The van der Waals surface area contributed by atoms with Gasteiger partial charge in [0.05, 0.1) is 17.8 Å². The highest BCUT2D eigenvalue weighted by atomic mass is 19.1. The van der Waals surface area contributed by atoms with E-state index in [0.717, 1.165) is 0 Å². The Morgan fingerprint density at radius 1 is 1.50 bits per heavy atom. The molecule has 1 saturated heterocycles. The smallest absolute Gasteiger partial charge is 0.256 e. The van der Waals surface area contributed by atoms with E-state index in [4.69, 9.17) is 0 Å². The Bertz CT molecular complexity index is 490. The number of anilines is 1. The number of benzene rings is 1. The van der Waals surface area contributed by atoms with E-state index in [1.54, 1.807) is 13.1 Å². The van der Waals surface area contributed by atoms with Crippen LogP contribution in [0.15, 0.2) is 18.2 Å². The molecule has 2 rings (SSSR count). The highest BCUT2D eigenvalue weighted by Crippen LogP contribution is 2.21. The van der Waals surface area contributed by atoms with Gasteiger partial charge in [-0.1, -0.05) is 6.07 Å². The molecule has 2 amide bonds. The summed E-state index contributed by atoms with van der Waals surface area (Å²) in [7, 11) is 1.55. The Morgan fingerprint density at radius 2 is 2.28 bits per heavy atom. The quantitative estimate of drug-likeness (QED) is 0.801. The van der Waals surface area contributed by atoms with E-state index in [2.05, 4.69) is 10.6 Å². The van der Waals surface area contributed by atoms with Gasteiger partial charge in [0.1, 0.15) is 5.82 Å². The van der Waals surface area contributed by atoms with Crippen LogP contribution in [0.2, 0.25) is 0 Å². The third-order valence-corrected chi connectivity index (χ3v) is 2.82. The van der Waals surface area contributed by atoms with Gasteiger partial charge in [-0.3, -0.25) is 9.59 Å². The third-order valence-electron chi connectivity index (χ3n) is 2.82. The van der Waals surface area contributed by atoms with E-state index in [9.17, 15) is 14.0 Å². The van der Waals surface area contributed by atoms with Gasteiger partial charge in [0.15, 0.2) is 0 Å². The maximum Gasteiger partial charge on any atom is 0.256 e. The van der Waals surface area contributed by atoms with Crippen molar-refractivity contribution in [3.63, 3.8) is 0 Å². The SMILES string of the molecule is CNc1c(F)cccc1C(=O)N1CCNC(=O)C1. The minimum absolute atomic E-state index is 0.0124. The van der Waals surface area contributed by atoms with E-state index in [1.165, 1.54) is 17.0 Å². The molecule has 0 unspecified atom stereocenters. The molecule has 1 aromatic rings. The Balaban J connectivity index is 2.28. The fourth-order valence-electron chi connectivity index (χ4n) is 1.94. The first-order chi connectivity index (χ1) is 8.63. The van der Waals surface area contributed by atoms with Crippen LogP contribution in [0.3, 0.4) is 0 Å². The molecule has 0 spiro atoms. The molecule has 2 N–H and O–H groups in total. The van der Waals surface area contributed by atoms with E-state index in [-0.39, 0.29) is 29.6 Å². The maximum atomic E-state index is 13.5. The summed E-state index contributed by atoms with van der Waals surface area (Å²) >= 11 is 0. The zero-order valence-electron chi connectivity index (χ0n) is 10.00. The summed E-state index contributed by atoms with van der Waals surface area (Å²) in [6.45, 7) is 0.873. The van der Waals surface area contributed by atoms with Crippen LogP contribution in [0.25, 0.3) is 0 Å². The highest BCUT2D eigenvalue weighted by molar-refractivity contribution is 6.01. The van der Waals surface area contributed by atoms with Crippen LogP contribution in [0, 0.1) is 5.82 Å². The fourth-order valence-corrected chi connectivity index (χ4v) is 1.94. The molecule has 0 atom stereocenters. The van der Waals surface area contributed by atoms with Crippen LogP contribution >= 0.6 is 0 Å². The average Bonchev–Trinajstić information content (AvgIpc) is 2.37. The molecule has 96 valence electrons. The van der Waals surface area contributed by atoms with Gasteiger partial charge >= 0.3 is 0 Å². The van der Waals surface area contributed by atoms with Gasteiger partial charge in [-0.05, 0) is 12.1 Å². The Kier molecular flexibility index (Phi) is 3.45. The first-order valence-corrected chi connectivity index (χ1v) is 5.65. The first kappa shape index (κ1) is 12.3. The molecule has 0 radical (unpaired) electrons. The van der Waals surface area contributed by atoms with Gasteiger partial charge in [0, 0.05) is 20.1 Å². The number of carbonyl (C=O) groups is 2. The Hall–Kier alpha value is -2.11. The van der Waals surface area contributed by atoms with Gasteiger partial charge in [0.25, 0.3) is 5.91 Å². The molecule has 1 fully saturated rings. The van der Waals surface area contributed by atoms with Crippen LogP contribution in [0.4, 0.5) is 10.1 Å². The summed E-state index contributed by atoms with van der Waals surface area (Å²) in [5.74, 6) is -1.02. The number of piperazine rings is 1. The van der Waals surface area contributed by atoms with Crippen molar-refractivity contribution in [1.29, 1.82) is 0 Å². The second kappa shape index (κ2) is 5.03. The summed E-state index contributed by atoms with van der Waals surface area (Å²) in [6.07, 6.45) is 0. The van der Waals surface area contributed by atoms with E-state index < -0.39 is 5.82 Å². The van der Waals surface area contributed by atoms with Crippen LogP contribution in [0.5, 0.6) is 0 Å². The number of nitrogens with one attached hydrogen (secondary N) is 2. The third kappa shape index (κ3) is 2.27. The summed E-state index contributed by atoms with van der Waals surface area (Å²) in [4.78, 5) is 24.9. The zero-order chi connectivity index (χ0) is 13.1. The van der Waals surface area contributed by atoms with E-state index in [1.807, 2.05) is 0 Å². The molecular weight excluding hydrogens is 237 g/mol. The number of nitrogens with zero attached hydrogens (tertiary/aromatic N) is 1. The van der Waals surface area contributed by atoms with Gasteiger partial charge in [-0.15, -0.1) is 0 Å². The lowest BCUT2D eigenvalue weighted by molar-refractivity contribution is -0.123. The molecule has 0 bridgehead atoms. The molecule has 18 heavy (non-hydrogen) atoms. The minimum atomic E-state index is -0.482. The lowest BCUT2D eigenvalue weighted by Crippen LogP contribution is -2.50. The summed E-state index contributed by atoms with van der Waals surface area (Å²) in [5.41, 5.74) is 0.403. The van der Waals surface area contributed by atoms with Gasteiger partial charge < -0.3 is 15.5 Å². The van der Waals surface area contributed by atoms with Crippen molar-refractivity contribution in [2.75, 3.05) is 32.0 Å². The fraction of sp³-hybridized carbons (Fsp3) is 0.333. The second-order valence-corrected chi connectivity index (χ2v) is 3.99. The Labute approximate surface area is 104 Å². The molecular formula is C12H14FN3O2. The van der Waals surface area contributed by atoms with Crippen molar-refractivity contribution >= 4 is 17.5 Å². The molecule has 6 heteroatoms. The summed E-state index contributed by atoms with van der Waals surface area (Å²) in [6, 6.07) is 4.31. The van der Waals surface area contributed by atoms with Gasteiger partial charge in [0.2, 0.25) is 5.91 Å². The van der Waals surface area contributed by atoms with Crippen LogP contribution < -0.4 is 10.6 Å². The van der Waals surface area contributed by atoms with E-state index in [0.29, 0.717) is 13.1 Å². The second-order valence-electron chi connectivity index (χ2n) is 3.99. The maximum absolute atomic E-state index is 13.5. The summed E-state index contributed by atoms with van der Waals surface area (Å²) < 4.78 is 13.5. The number of para-hydroxylation sites is 1. The van der Waals surface area contributed by atoms with Crippen LogP contribution in [-0.4, -0.2) is 43.4 Å². The standard InChI is InChI=1S/C12H14FN3O2/c1-14-11-8(3-2-4-9(11)13)12(18)16-6-5-15-10(17)7-16/h2-4,14H,5-7H2,1H3,(H,15,17). The number of amides is 2. The van der Waals surface area contributed by atoms with E-state index >= 15 is 0 Å². The highest BCUT2D eigenvalue weighted by Gasteiger charge is 2.24. The monoisotopic (exact) mass is 251 g/mol. The van der Waals surface area contributed by atoms with Gasteiger partial charge in [-0.2, -0.15) is 0 Å². The topological polar surface area (TPSA) is 61.4 Å².